The number of nitro groups is 1. The Bertz CT molecular complexity index is 1080. The van der Waals surface area contributed by atoms with Gasteiger partial charge in [-0.1, -0.05) is 11.6 Å². The van der Waals surface area contributed by atoms with E-state index in [1.165, 1.54) is 12.1 Å². The van der Waals surface area contributed by atoms with Gasteiger partial charge in [-0.2, -0.15) is 0 Å². The number of hydrogen-bond donors (Lipinski definition) is 0. The highest BCUT2D eigenvalue weighted by molar-refractivity contribution is 6.30. The van der Waals surface area contributed by atoms with Crippen molar-refractivity contribution in [3.63, 3.8) is 0 Å². The molecule has 2 aromatic heterocycles. The lowest BCUT2D eigenvalue weighted by Crippen LogP contribution is -2.37. The van der Waals surface area contributed by atoms with E-state index < -0.39 is 10.9 Å². The number of pyridine rings is 1. The molecule has 0 unspecified atom stereocenters. The number of anilines is 1. The zero-order valence-electron chi connectivity index (χ0n) is 15.3. The molecule has 3 aromatic rings. The average molecular weight is 417 g/mol. The molecule has 0 amide bonds. The molecular formula is C19H17ClN4O5. The number of carbonyl (C=O) groups is 1. The van der Waals surface area contributed by atoms with Gasteiger partial charge in [0, 0.05) is 37.6 Å². The highest BCUT2D eigenvalue weighted by atomic mass is 35.5. The summed E-state index contributed by atoms with van der Waals surface area (Å²) in [4.78, 5) is 29.7. The first-order valence-electron chi connectivity index (χ1n) is 8.92. The number of non-ortho nitro benzene ring substituents is 1. The van der Waals surface area contributed by atoms with Crippen LogP contribution in [0.4, 0.5) is 11.4 Å². The number of rotatable bonds is 5. The molecule has 0 bridgehead atoms. The summed E-state index contributed by atoms with van der Waals surface area (Å²) in [6, 6.07) is 7.68. The first kappa shape index (κ1) is 19.2. The number of morpholine rings is 1. The van der Waals surface area contributed by atoms with E-state index in [-0.39, 0.29) is 17.9 Å². The molecule has 4 rings (SSSR count). The van der Waals surface area contributed by atoms with Crippen molar-refractivity contribution in [1.82, 2.24) is 9.38 Å². The molecule has 0 atom stereocenters. The normalized spacial score (nSPS) is 14.2. The average Bonchev–Trinajstić information content (AvgIpc) is 3.14. The third kappa shape index (κ3) is 4.15. The molecule has 150 valence electrons. The van der Waals surface area contributed by atoms with Gasteiger partial charge in [-0.25, -0.2) is 9.78 Å². The van der Waals surface area contributed by atoms with E-state index in [9.17, 15) is 14.9 Å². The summed E-state index contributed by atoms with van der Waals surface area (Å²) in [6.45, 7) is 2.16. The number of esters is 1. The highest BCUT2D eigenvalue weighted by Gasteiger charge is 2.23. The number of aromatic nitrogens is 2. The number of nitro benzene ring substituents is 1. The number of halogens is 1. The Hall–Kier alpha value is -3.17. The van der Waals surface area contributed by atoms with Gasteiger partial charge in [-0.05, 0) is 18.2 Å². The lowest BCUT2D eigenvalue weighted by atomic mass is 10.1. The lowest BCUT2D eigenvalue weighted by Gasteiger charge is -2.30. The maximum Gasteiger partial charge on any atom is 0.340 e. The van der Waals surface area contributed by atoms with Crippen LogP contribution in [0.2, 0.25) is 5.02 Å². The van der Waals surface area contributed by atoms with Crippen LogP contribution in [0.25, 0.3) is 5.65 Å². The van der Waals surface area contributed by atoms with Crippen molar-refractivity contribution in [3.05, 3.63) is 69.1 Å². The number of ether oxygens (including phenoxy) is 2. The summed E-state index contributed by atoms with van der Waals surface area (Å²) in [7, 11) is 0. The zero-order chi connectivity index (χ0) is 20.4. The summed E-state index contributed by atoms with van der Waals surface area (Å²) in [5.74, 6) is -0.648. The van der Waals surface area contributed by atoms with E-state index in [4.69, 9.17) is 21.1 Å². The Morgan fingerprint density at radius 3 is 2.79 bits per heavy atom. The standard InChI is InChI=1S/C19H17ClN4O5/c20-13-1-4-18-21-14(11-23(18)10-13)12-29-19(25)16-9-15(24(26)27)2-3-17(16)22-5-7-28-8-6-22/h1-4,9-11H,5-8,12H2. The van der Waals surface area contributed by atoms with E-state index in [0.717, 1.165) is 0 Å². The first-order chi connectivity index (χ1) is 14.0. The minimum atomic E-state index is -0.648. The lowest BCUT2D eigenvalue weighted by molar-refractivity contribution is -0.384. The Morgan fingerprint density at radius 2 is 2.03 bits per heavy atom. The summed E-state index contributed by atoms with van der Waals surface area (Å²) >= 11 is 5.96. The van der Waals surface area contributed by atoms with Crippen molar-refractivity contribution in [3.8, 4) is 0 Å². The molecule has 29 heavy (non-hydrogen) atoms. The smallest absolute Gasteiger partial charge is 0.340 e. The van der Waals surface area contributed by atoms with Crippen LogP contribution in [-0.4, -0.2) is 46.6 Å². The number of carbonyl (C=O) groups excluding carboxylic acids is 1. The quantitative estimate of drug-likeness (QED) is 0.358. The molecule has 0 aliphatic carbocycles. The number of imidazole rings is 1. The predicted molar refractivity (Wildman–Crippen MR) is 105 cm³/mol. The Balaban J connectivity index is 1.57. The van der Waals surface area contributed by atoms with Gasteiger partial charge in [-0.3, -0.25) is 10.1 Å². The van der Waals surface area contributed by atoms with Crippen molar-refractivity contribution in [2.45, 2.75) is 6.61 Å². The first-order valence-corrected chi connectivity index (χ1v) is 9.30. The largest absolute Gasteiger partial charge is 0.455 e. The van der Waals surface area contributed by atoms with E-state index >= 15 is 0 Å². The van der Waals surface area contributed by atoms with Crippen molar-refractivity contribution >= 4 is 34.6 Å². The third-order valence-electron chi connectivity index (χ3n) is 4.58. The van der Waals surface area contributed by atoms with Crippen LogP contribution in [0.1, 0.15) is 16.1 Å². The number of nitrogens with zero attached hydrogens (tertiary/aromatic N) is 4. The molecule has 0 saturated carbocycles. The van der Waals surface area contributed by atoms with Crippen LogP contribution in [0.3, 0.4) is 0 Å². The molecule has 0 N–H and O–H groups in total. The molecule has 1 saturated heterocycles. The van der Waals surface area contributed by atoms with Crippen LogP contribution in [0, 0.1) is 10.1 Å². The van der Waals surface area contributed by atoms with Crippen LogP contribution < -0.4 is 4.90 Å². The minimum Gasteiger partial charge on any atom is -0.455 e. The van der Waals surface area contributed by atoms with E-state index in [1.54, 1.807) is 35.0 Å². The van der Waals surface area contributed by atoms with Gasteiger partial charge in [0.15, 0.2) is 0 Å². The highest BCUT2D eigenvalue weighted by Crippen LogP contribution is 2.27. The van der Waals surface area contributed by atoms with Crippen LogP contribution in [-0.2, 0) is 16.1 Å². The summed E-state index contributed by atoms with van der Waals surface area (Å²) < 4.78 is 12.5. The second-order valence-electron chi connectivity index (χ2n) is 6.48. The van der Waals surface area contributed by atoms with Crippen molar-refractivity contribution in [2.24, 2.45) is 0 Å². The van der Waals surface area contributed by atoms with E-state index in [0.29, 0.717) is 48.4 Å². The van der Waals surface area contributed by atoms with Gasteiger partial charge in [0.25, 0.3) is 5.69 Å². The molecule has 9 nitrogen and oxygen atoms in total. The molecular weight excluding hydrogens is 400 g/mol. The monoisotopic (exact) mass is 416 g/mol. The zero-order valence-corrected chi connectivity index (χ0v) is 16.0. The second kappa shape index (κ2) is 8.06. The molecule has 3 heterocycles. The number of hydrogen-bond acceptors (Lipinski definition) is 7. The molecule has 10 heteroatoms. The molecule has 0 spiro atoms. The van der Waals surface area contributed by atoms with Crippen LogP contribution >= 0.6 is 11.6 Å². The number of fused-ring (bicyclic) bond motifs is 1. The summed E-state index contributed by atoms with van der Waals surface area (Å²) in [5, 5.41) is 11.7. The molecule has 1 aliphatic rings. The maximum atomic E-state index is 12.8. The van der Waals surface area contributed by atoms with Crippen molar-refractivity contribution in [2.75, 3.05) is 31.2 Å². The van der Waals surface area contributed by atoms with Gasteiger partial charge >= 0.3 is 5.97 Å². The van der Waals surface area contributed by atoms with Gasteiger partial charge in [0.2, 0.25) is 0 Å². The Morgan fingerprint density at radius 1 is 1.24 bits per heavy atom. The Labute approximate surface area is 170 Å². The fourth-order valence-electron chi connectivity index (χ4n) is 3.19. The van der Waals surface area contributed by atoms with Crippen LogP contribution in [0.5, 0.6) is 0 Å². The summed E-state index contributed by atoms with van der Waals surface area (Å²) in [6.07, 6.45) is 3.41. The fraction of sp³-hybridized carbons (Fsp3) is 0.263. The fourth-order valence-corrected chi connectivity index (χ4v) is 3.35. The van der Waals surface area contributed by atoms with Gasteiger partial charge in [0.1, 0.15) is 12.3 Å². The van der Waals surface area contributed by atoms with Crippen LogP contribution in [0.15, 0.2) is 42.7 Å². The summed E-state index contributed by atoms with van der Waals surface area (Å²) in [5.41, 5.74) is 1.78. The molecule has 1 fully saturated rings. The predicted octanol–water partition coefficient (Wildman–Crippen LogP) is 3.09. The molecule has 1 aromatic carbocycles. The molecule has 1 aliphatic heterocycles. The van der Waals surface area contributed by atoms with Gasteiger partial charge < -0.3 is 18.8 Å². The SMILES string of the molecule is O=C(OCc1cn2cc(Cl)ccc2n1)c1cc([N+](=O)[O-])ccc1N1CCOCC1. The topological polar surface area (TPSA) is 99.2 Å². The number of benzene rings is 1. The van der Waals surface area contributed by atoms with Crippen molar-refractivity contribution in [1.29, 1.82) is 0 Å². The van der Waals surface area contributed by atoms with Crippen molar-refractivity contribution < 1.29 is 19.2 Å². The Kier molecular flexibility index (Phi) is 5.32. The van der Waals surface area contributed by atoms with Gasteiger partial charge in [0.05, 0.1) is 40.1 Å². The maximum absolute atomic E-state index is 12.8. The minimum absolute atomic E-state index is 0.0661. The van der Waals surface area contributed by atoms with Gasteiger partial charge in [-0.15, -0.1) is 0 Å². The second-order valence-corrected chi connectivity index (χ2v) is 6.92. The third-order valence-corrected chi connectivity index (χ3v) is 4.80. The molecule has 0 radical (unpaired) electrons. The van der Waals surface area contributed by atoms with E-state index in [2.05, 4.69) is 4.98 Å². The van der Waals surface area contributed by atoms with E-state index in [1.807, 2.05) is 4.90 Å².